The van der Waals surface area contributed by atoms with E-state index in [4.69, 9.17) is 11.2 Å². The van der Waals surface area contributed by atoms with Gasteiger partial charge in [0.2, 0.25) is 0 Å². The highest BCUT2D eigenvalue weighted by molar-refractivity contribution is 5.49. The molecule has 0 spiro atoms. The molecule has 0 aromatic heterocycles. The molecule has 3 heteroatoms. The topological polar surface area (TPSA) is 41.5 Å². The smallest absolute Gasteiger partial charge is 0.0945 e. The van der Waals surface area contributed by atoms with Crippen LogP contribution >= 0.6 is 0 Å². The quantitative estimate of drug-likeness (QED) is 0.538. The number of nitrogens with one attached hydrogen (secondary N) is 1. The average Bonchev–Trinajstić information content (AvgIpc) is 2.44. The Morgan fingerprint density at radius 1 is 1.40 bits per heavy atom. The van der Waals surface area contributed by atoms with Crippen molar-refractivity contribution in [2.24, 2.45) is 5.92 Å². The van der Waals surface area contributed by atoms with E-state index in [1.54, 1.807) is 0 Å². The fourth-order valence-electron chi connectivity index (χ4n) is 1.83. The van der Waals surface area contributed by atoms with Crippen molar-refractivity contribution in [1.82, 2.24) is 0 Å². The second-order valence-electron chi connectivity index (χ2n) is 5.37. The number of aliphatic hydroxyl groups is 1. The minimum absolute atomic E-state index is 0.361. The van der Waals surface area contributed by atoms with Gasteiger partial charge in [-0.3, -0.25) is 0 Å². The summed E-state index contributed by atoms with van der Waals surface area (Å²) in [7, 11) is 0. The van der Waals surface area contributed by atoms with E-state index >= 15 is 0 Å². The van der Waals surface area contributed by atoms with Crippen molar-refractivity contribution in [2.75, 3.05) is 25.1 Å². The van der Waals surface area contributed by atoms with Crippen molar-refractivity contribution < 1.29 is 9.84 Å². The SMILES string of the molecule is C#Cc1cccc(NCC(O)COCCCC(C)C)c1. The van der Waals surface area contributed by atoms with Crippen LogP contribution in [0.4, 0.5) is 5.69 Å². The standard InChI is InChI=1S/C17H25NO2/c1-4-15-8-5-9-16(11-15)18-12-17(19)13-20-10-6-7-14(2)3/h1,5,8-9,11,14,17-19H,6-7,10,12-13H2,2-3H3. The maximum Gasteiger partial charge on any atom is 0.0945 e. The Morgan fingerprint density at radius 3 is 2.90 bits per heavy atom. The van der Waals surface area contributed by atoms with Crippen molar-refractivity contribution in [1.29, 1.82) is 0 Å². The highest BCUT2D eigenvalue weighted by atomic mass is 16.5. The minimum Gasteiger partial charge on any atom is -0.389 e. The van der Waals surface area contributed by atoms with Crippen LogP contribution in [0.5, 0.6) is 0 Å². The number of hydrogen-bond donors (Lipinski definition) is 2. The van der Waals surface area contributed by atoms with Gasteiger partial charge in [-0.1, -0.05) is 25.8 Å². The van der Waals surface area contributed by atoms with E-state index in [0.29, 0.717) is 25.7 Å². The summed E-state index contributed by atoms with van der Waals surface area (Å²) < 4.78 is 5.46. The van der Waals surface area contributed by atoms with Gasteiger partial charge in [0.1, 0.15) is 0 Å². The summed E-state index contributed by atoms with van der Waals surface area (Å²) >= 11 is 0. The van der Waals surface area contributed by atoms with Crippen LogP contribution in [0.25, 0.3) is 0 Å². The maximum atomic E-state index is 9.82. The summed E-state index contributed by atoms with van der Waals surface area (Å²) in [6.45, 7) is 5.92. The zero-order chi connectivity index (χ0) is 14.8. The zero-order valence-corrected chi connectivity index (χ0v) is 12.4. The minimum atomic E-state index is -0.511. The summed E-state index contributed by atoms with van der Waals surface area (Å²) in [6.07, 6.45) is 7.04. The second-order valence-corrected chi connectivity index (χ2v) is 5.37. The summed E-state index contributed by atoms with van der Waals surface area (Å²) in [5.74, 6) is 3.29. The largest absolute Gasteiger partial charge is 0.389 e. The van der Waals surface area contributed by atoms with Crippen LogP contribution in [-0.2, 0) is 4.74 Å². The molecule has 1 aromatic rings. The van der Waals surface area contributed by atoms with Gasteiger partial charge in [0.25, 0.3) is 0 Å². The third-order valence-electron chi connectivity index (χ3n) is 2.95. The molecular formula is C17H25NO2. The molecule has 2 N–H and O–H groups in total. The van der Waals surface area contributed by atoms with Gasteiger partial charge < -0.3 is 15.2 Å². The predicted octanol–water partition coefficient (Wildman–Crippen LogP) is 2.89. The van der Waals surface area contributed by atoms with E-state index in [1.807, 2.05) is 24.3 Å². The lowest BCUT2D eigenvalue weighted by Crippen LogP contribution is -2.25. The number of terminal acetylenes is 1. The van der Waals surface area contributed by atoms with E-state index in [9.17, 15) is 5.11 Å². The van der Waals surface area contributed by atoms with Gasteiger partial charge in [-0.15, -0.1) is 6.42 Å². The normalized spacial score (nSPS) is 12.2. The first-order chi connectivity index (χ1) is 9.61. The van der Waals surface area contributed by atoms with E-state index in [0.717, 1.165) is 24.1 Å². The number of benzene rings is 1. The molecule has 0 saturated carbocycles. The molecule has 3 nitrogen and oxygen atoms in total. The summed E-state index contributed by atoms with van der Waals surface area (Å²) in [4.78, 5) is 0. The second kappa shape index (κ2) is 9.41. The summed E-state index contributed by atoms with van der Waals surface area (Å²) in [5.41, 5.74) is 1.74. The molecule has 1 unspecified atom stereocenters. The first-order valence-corrected chi connectivity index (χ1v) is 7.18. The van der Waals surface area contributed by atoms with Gasteiger partial charge in [0.15, 0.2) is 0 Å². The van der Waals surface area contributed by atoms with Gasteiger partial charge in [0, 0.05) is 24.4 Å². The molecule has 0 aliphatic rings. The number of rotatable bonds is 9. The maximum absolute atomic E-state index is 9.82. The van der Waals surface area contributed by atoms with E-state index in [1.165, 1.54) is 0 Å². The Bertz CT molecular complexity index is 423. The number of ether oxygens (including phenoxy) is 1. The molecule has 0 bridgehead atoms. The highest BCUT2D eigenvalue weighted by Gasteiger charge is 2.04. The lowest BCUT2D eigenvalue weighted by Gasteiger charge is -2.13. The van der Waals surface area contributed by atoms with Gasteiger partial charge in [0.05, 0.1) is 12.7 Å². The van der Waals surface area contributed by atoms with Gasteiger partial charge >= 0.3 is 0 Å². The third-order valence-corrected chi connectivity index (χ3v) is 2.95. The number of anilines is 1. The van der Waals surface area contributed by atoms with Crippen molar-refractivity contribution in [2.45, 2.75) is 32.8 Å². The fraction of sp³-hybridized carbons (Fsp3) is 0.529. The lowest BCUT2D eigenvalue weighted by molar-refractivity contribution is 0.0409. The lowest BCUT2D eigenvalue weighted by atomic mass is 10.1. The molecule has 20 heavy (non-hydrogen) atoms. The van der Waals surface area contributed by atoms with E-state index < -0.39 is 6.10 Å². The van der Waals surface area contributed by atoms with Crippen LogP contribution in [0, 0.1) is 18.3 Å². The number of aliphatic hydroxyl groups excluding tert-OH is 1. The molecule has 0 aliphatic carbocycles. The first kappa shape index (κ1) is 16.6. The molecule has 1 aromatic carbocycles. The molecule has 0 amide bonds. The molecule has 1 rings (SSSR count). The Morgan fingerprint density at radius 2 is 2.20 bits per heavy atom. The molecule has 0 heterocycles. The van der Waals surface area contributed by atoms with Crippen LogP contribution in [0.15, 0.2) is 24.3 Å². The van der Waals surface area contributed by atoms with Crippen molar-refractivity contribution in [3.05, 3.63) is 29.8 Å². The van der Waals surface area contributed by atoms with Gasteiger partial charge in [-0.2, -0.15) is 0 Å². The van der Waals surface area contributed by atoms with Crippen LogP contribution in [0.1, 0.15) is 32.3 Å². The van der Waals surface area contributed by atoms with Crippen molar-refractivity contribution in [3.63, 3.8) is 0 Å². The van der Waals surface area contributed by atoms with Gasteiger partial charge in [-0.05, 0) is 37.0 Å². The molecule has 0 radical (unpaired) electrons. The fourth-order valence-corrected chi connectivity index (χ4v) is 1.83. The molecule has 1 atom stereocenters. The summed E-state index contributed by atoms with van der Waals surface area (Å²) in [5, 5.41) is 13.0. The first-order valence-electron chi connectivity index (χ1n) is 7.18. The average molecular weight is 275 g/mol. The molecule has 0 aliphatic heterocycles. The van der Waals surface area contributed by atoms with Crippen molar-refractivity contribution in [3.8, 4) is 12.3 Å². The predicted molar refractivity (Wildman–Crippen MR) is 83.8 cm³/mol. The van der Waals surface area contributed by atoms with Gasteiger partial charge in [-0.25, -0.2) is 0 Å². The Hall–Kier alpha value is -1.50. The monoisotopic (exact) mass is 275 g/mol. The zero-order valence-electron chi connectivity index (χ0n) is 12.4. The van der Waals surface area contributed by atoms with Crippen molar-refractivity contribution >= 4 is 5.69 Å². The molecule has 110 valence electrons. The Labute approximate surface area is 122 Å². The molecular weight excluding hydrogens is 250 g/mol. The van der Waals surface area contributed by atoms with Crippen LogP contribution in [0.2, 0.25) is 0 Å². The molecule has 0 fully saturated rings. The highest BCUT2D eigenvalue weighted by Crippen LogP contribution is 2.09. The van der Waals surface area contributed by atoms with E-state index in [2.05, 4.69) is 25.1 Å². The van der Waals surface area contributed by atoms with Crippen LogP contribution < -0.4 is 5.32 Å². The Balaban J connectivity index is 2.16. The number of hydrogen-bond acceptors (Lipinski definition) is 3. The Kier molecular flexibility index (Phi) is 7.79. The van der Waals surface area contributed by atoms with E-state index in [-0.39, 0.29) is 0 Å². The van der Waals surface area contributed by atoms with Crippen LogP contribution in [-0.4, -0.2) is 31.0 Å². The van der Waals surface area contributed by atoms with Crippen LogP contribution in [0.3, 0.4) is 0 Å². The summed E-state index contributed by atoms with van der Waals surface area (Å²) in [6, 6.07) is 7.58. The third kappa shape index (κ3) is 7.18. The molecule has 0 saturated heterocycles.